The fourth-order valence-corrected chi connectivity index (χ4v) is 2.45. The summed E-state index contributed by atoms with van der Waals surface area (Å²) in [5.41, 5.74) is 3.21. The summed E-state index contributed by atoms with van der Waals surface area (Å²) in [5.74, 6) is 0.552. The highest BCUT2D eigenvalue weighted by atomic mass is 16.5. The standard InChI is InChI=1S/C21H21N3O3/c1-26-11-12-27-18-6-4-5-16(13-18)14-23-21(25)10-9-17-15-22-19-7-2-3-8-20(19)24-17/h2-10,13,15H,11-12,14H2,1H3,(H,23,25)/b10-9+. The number of para-hydroxylation sites is 2. The number of nitrogens with zero attached hydrogens (tertiary/aromatic N) is 2. The fraction of sp³-hybridized carbons (Fsp3) is 0.190. The van der Waals surface area contributed by atoms with Crippen molar-refractivity contribution in [2.75, 3.05) is 20.3 Å². The van der Waals surface area contributed by atoms with Gasteiger partial charge in [0.2, 0.25) is 5.91 Å². The molecule has 1 N–H and O–H groups in total. The van der Waals surface area contributed by atoms with Crippen molar-refractivity contribution in [1.29, 1.82) is 0 Å². The van der Waals surface area contributed by atoms with E-state index >= 15 is 0 Å². The first kappa shape index (κ1) is 18.5. The molecule has 1 heterocycles. The van der Waals surface area contributed by atoms with Gasteiger partial charge in [-0.3, -0.25) is 9.78 Å². The summed E-state index contributed by atoms with van der Waals surface area (Å²) in [4.78, 5) is 20.8. The van der Waals surface area contributed by atoms with Crippen LogP contribution in [0.5, 0.6) is 5.75 Å². The molecule has 0 bridgehead atoms. The van der Waals surface area contributed by atoms with Crippen molar-refractivity contribution in [2.24, 2.45) is 0 Å². The minimum atomic E-state index is -0.198. The summed E-state index contributed by atoms with van der Waals surface area (Å²) in [6.07, 6.45) is 4.75. The van der Waals surface area contributed by atoms with E-state index in [0.717, 1.165) is 22.3 Å². The molecule has 0 aliphatic heterocycles. The fourth-order valence-electron chi connectivity index (χ4n) is 2.45. The number of hydrogen-bond acceptors (Lipinski definition) is 5. The van der Waals surface area contributed by atoms with Gasteiger partial charge in [-0.1, -0.05) is 24.3 Å². The Hall–Kier alpha value is -3.25. The van der Waals surface area contributed by atoms with Gasteiger partial charge in [0.1, 0.15) is 12.4 Å². The summed E-state index contributed by atoms with van der Waals surface area (Å²) in [6.45, 7) is 1.43. The van der Waals surface area contributed by atoms with Crippen molar-refractivity contribution in [3.05, 3.63) is 72.1 Å². The normalized spacial score (nSPS) is 11.0. The molecule has 138 valence electrons. The van der Waals surface area contributed by atoms with Crippen molar-refractivity contribution in [3.63, 3.8) is 0 Å². The van der Waals surface area contributed by atoms with E-state index < -0.39 is 0 Å². The van der Waals surface area contributed by atoms with Crippen LogP contribution >= 0.6 is 0 Å². The molecule has 1 aromatic heterocycles. The molecule has 2 aromatic carbocycles. The Labute approximate surface area is 157 Å². The molecule has 6 heteroatoms. The van der Waals surface area contributed by atoms with Gasteiger partial charge in [0.25, 0.3) is 0 Å². The summed E-state index contributed by atoms with van der Waals surface area (Å²) < 4.78 is 10.5. The SMILES string of the molecule is COCCOc1cccc(CNC(=O)/C=C/c2cnc3ccccc3n2)c1. The van der Waals surface area contributed by atoms with Gasteiger partial charge in [-0.05, 0) is 35.9 Å². The zero-order valence-corrected chi connectivity index (χ0v) is 15.1. The van der Waals surface area contributed by atoms with Gasteiger partial charge in [0.05, 0.1) is 29.5 Å². The molecule has 6 nitrogen and oxygen atoms in total. The number of aromatic nitrogens is 2. The minimum Gasteiger partial charge on any atom is -0.491 e. The third kappa shape index (κ3) is 5.62. The van der Waals surface area contributed by atoms with E-state index in [-0.39, 0.29) is 5.91 Å². The van der Waals surface area contributed by atoms with E-state index in [4.69, 9.17) is 9.47 Å². The zero-order chi connectivity index (χ0) is 18.9. The third-order valence-corrected chi connectivity index (χ3v) is 3.79. The van der Waals surface area contributed by atoms with Crippen LogP contribution < -0.4 is 10.1 Å². The van der Waals surface area contributed by atoms with Crippen LogP contribution in [0, 0.1) is 0 Å². The Morgan fingerprint density at radius 2 is 1.96 bits per heavy atom. The van der Waals surface area contributed by atoms with E-state index in [0.29, 0.717) is 25.5 Å². The number of fused-ring (bicyclic) bond motifs is 1. The number of rotatable bonds is 8. The molecule has 27 heavy (non-hydrogen) atoms. The van der Waals surface area contributed by atoms with Crippen molar-refractivity contribution in [3.8, 4) is 5.75 Å². The first-order valence-electron chi connectivity index (χ1n) is 8.63. The molecule has 0 radical (unpaired) electrons. The largest absolute Gasteiger partial charge is 0.491 e. The van der Waals surface area contributed by atoms with Gasteiger partial charge in [-0.2, -0.15) is 0 Å². The maximum atomic E-state index is 12.1. The Morgan fingerprint density at radius 1 is 1.11 bits per heavy atom. The van der Waals surface area contributed by atoms with Crippen LogP contribution in [0.3, 0.4) is 0 Å². The average Bonchev–Trinajstić information content (AvgIpc) is 2.71. The highest BCUT2D eigenvalue weighted by Crippen LogP contribution is 2.13. The van der Waals surface area contributed by atoms with Gasteiger partial charge in [0, 0.05) is 19.7 Å². The van der Waals surface area contributed by atoms with Crippen LogP contribution in [0.15, 0.2) is 60.8 Å². The molecular formula is C21H21N3O3. The van der Waals surface area contributed by atoms with Crippen LogP contribution in [-0.4, -0.2) is 36.2 Å². The van der Waals surface area contributed by atoms with E-state index in [1.54, 1.807) is 19.4 Å². The highest BCUT2D eigenvalue weighted by molar-refractivity contribution is 5.91. The Morgan fingerprint density at radius 3 is 2.81 bits per heavy atom. The molecule has 0 saturated carbocycles. The van der Waals surface area contributed by atoms with E-state index in [1.807, 2.05) is 48.5 Å². The molecule has 0 fully saturated rings. The number of benzene rings is 2. The monoisotopic (exact) mass is 363 g/mol. The van der Waals surface area contributed by atoms with Crippen molar-refractivity contribution in [1.82, 2.24) is 15.3 Å². The maximum absolute atomic E-state index is 12.1. The molecule has 0 aliphatic rings. The first-order valence-corrected chi connectivity index (χ1v) is 8.63. The van der Waals surface area contributed by atoms with Crippen LogP contribution in [0.4, 0.5) is 0 Å². The smallest absolute Gasteiger partial charge is 0.244 e. The lowest BCUT2D eigenvalue weighted by Gasteiger charge is -2.08. The molecule has 0 atom stereocenters. The zero-order valence-electron chi connectivity index (χ0n) is 15.1. The van der Waals surface area contributed by atoms with Crippen molar-refractivity contribution in [2.45, 2.75) is 6.54 Å². The summed E-state index contributed by atoms with van der Waals surface area (Å²) in [7, 11) is 1.63. The Balaban J connectivity index is 1.54. The van der Waals surface area contributed by atoms with E-state index in [1.165, 1.54) is 6.08 Å². The second kappa shape index (κ2) is 9.45. The summed E-state index contributed by atoms with van der Waals surface area (Å²) in [5, 5.41) is 2.85. The van der Waals surface area contributed by atoms with Gasteiger partial charge in [0.15, 0.2) is 0 Å². The second-order valence-corrected chi connectivity index (χ2v) is 5.82. The lowest BCUT2D eigenvalue weighted by atomic mass is 10.2. The number of carbonyl (C=O) groups excluding carboxylic acids is 1. The average molecular weight is 363 g/mol. The molecule has 1 amide bonds. The Kier molecular flexibility index (Phi) is 6.49. The molecule has 3 aromatic rings. The number of methoxy groups -OCH3 is 1. The lowest BCUT2D eigenvalue weighted by molar-refractivity contribution is -0.116. The number of ether oxygens (including phenoxy) is 2. The number of amides is 1. The third-order valence-electron chi connectivity index (χ3n) is 3.79. The summed E-state index contributed by atoms with van der Waals surface area (Å²) >= 11 is 0. The van der Waals surface area contributed by atoms with Crippen LogP contribution in [0.1, 0.15) is 11.3 Å². The van der Waals surface area contributed by atoms with E-state index in [2.05, 4.69) is 15.3 Å². The second-order valence-electron chi connectivity index (χ2n) is 5.82. The quantitative estimate of drug-likeness (QED) is 0.492. The molecule has 3 rings (SSSR count). The number of nitrogens with one attached hydrogen (secondary N) is 1. The van der Waals surface area contributed by atoms with Crippen molar-refractivity contribution < 1.29 is 14.3 Å². The molecule has 0 aliphatic carbocycles. The van der Waals surface area contributed by atoms with Crippen LogP contribution in [-0.2, 0) is 16.1 Å². The predicted molar refractivity (Wildman–Crippen MR) is 104 cm³/mol. The maximum Gasteiger partial charge on any atom is 0.244 e. The molecular weight excluding hydrogens is 342 g/mol. The minimum absolute atomic E-state index is 0.198. The van der Waals surface area contributed by atoms with Crippen molar-refractivity contribution >= 4 is 23.0 Å². The predicted octanol–water partition coefficient (Wildman–Crippen LogP) is 2.98. The van der Waals surface area contributed by atoms with Gasteiger partial charge < -0.3 is 14.8 Å². The molecule has 0 unspecified atom stereocenters. The molecule has 0 spiro atoms. The van der Waals surface area contributed by atoms with Crippen LogP contribution in [0.25, 0.3) is 17.1 Å². The van der Waals surface area contributed by atoms with Gasteiger partial charge >= 0.3 is 0 Å². The summed E-state index contributed by atoms with van der Waals surface area (Å²) in [6, 6.07) is 15.2. The van der Waals surface area contributed by atoms with Crippen LogP contribution in [0.2, 0.25) is 0 Å². The lowest BCUT2D eigenvalue weighted by Crippen LogP contribution is -2.20. The first-order chi connectivity index (χ1) is 13.2. The van der Waals surface area contributed by atoms with Gasteiger partial charge in [-0.25, -0.2) is 4.98 Å². The van der Waals surface area contributed by atoms with Gasteiger partial charge in [-0.15, -0.1) is 0 Å². The number of hydrogen-bond donors (Lipinski definition) is 1. The van der Waals surface area contributed by atoms with E-state index in [9.17, 15) is 4.79 Å². The Bertz CT molecular complexity index is 941. The topological polar surface area (TPSA) is 73.3 Å². The molecule has 0 saturated heterocycles. The number of carbonyl (C=O) groups is 1. The highest BCUT2D eigenvalue weighted by Gasteiger charge is 2.01.